The number of hydrogen-bond donors (Lipinski definition) is 9. The summed E-state index contributed by atoms with van der Waals surface area (Å²) < 4.78 is 0. The van der Waals surface area contributed by atoms with E-state index in [0.29, 0.717) is 51.4 Å². The molecule has 0 spiro atoms. The first-order valence-corrected chi connectivity index (χ1v) is 20.1. The van der Waals surface area contributed by atoms with Crippen LogP contribution in [0.15, 0.2) is 71.8 Å². The zero-order valence-electron chi connectivity index (χ0n) is 32.7. The number of fused-ring (bicyclic) bond motifs is 1. The van der Waals surface area contributed by atoms with E-state index in [0.717, 1.165) is 53.5 Å². The smallest absolute Gasteiger partial charge is 0.303 e. The molecule has 10 heteroatoms. The SMILES string of the molecule is CCCC[C@H](O)[C@H](O)C=CC1=C(C[C@H](O)CO)[C@H](CCCCCCC(=O)O)N[C@@H]([C@@](C)(O)[C@H](CCCO)c2ccc(O)cc2)CC#Cc2ccccc2CC1. The lowest BCUT2D eigenvalue weighted by Gasteiger charge is -2.42. The number of carboxylic acid groups (broad SMARTS) is 1. The molecule has 7 atom stereocenters. The lowest BCUT2D eigenvalue weighted by molar-refractivity contribution is -0.137. The molecule has 0 bridgehead atoms. The van der Waals surface area contributed by atoms with Crippen molar-refractivity contribution < 1.29 is 45.6 Å². The molecule has 0 aliphatic carbocycles. The van der Waals surface area contributed by atoms with Gasteiger partial charge in [0.2, 0.25) is 0 Å². The number of carbonyl (C=O) groups is 1. The third kappa shape index (κ3) is 15.1. The second-order valence-electron chi connectivity index (χ2n) is 15.2. The molecule has 0 saturated heterocycles. The predicted molar refractivity (Wildman–Crippen MR) is 216 cm³/mol. The Kier molecular flexibility index (Phi) is 20.2. The number of phenols is 1. The summed E-state index contributed by atoms with van der Waals surface area (Å²) in [6.07, 6.45) is 8.12. The number of aromatic hydroxyl groups is 1. The fourth-order valence-corrected chi connectivity index (χ4v) is 7.53. The normalized spacial score (nSPS) is 19.9. The summed E-state index contributed by atoms with van der Waals surface area (Å²) in [5.74, 6) is 5.50. The molecule has 2 aromatic carbocycles. The quantitative estimate of drug-likeness (QED) is 0.0536. The van der Waals surface area contributed by atoms with Crippen LogP contribution < -0.4 is 5.32 Å². The molecule has 1 aliphatic heterocycles. The molecule has 0 amide bonds. The van der Waals surface area contributed by atoms with Crippen molar-refractivity contribution in [1.82, 2.24) is 5.32 Å². The second-order valence-corrected chi connectivity index (χ2v) is 15.2. The Morgan fingerprint density at radius 2 is 1.69 bits per heavy atom. The van der Waals surface area contributed by atoms with Gasteiger partial charge in [-0.2, -0.15) is 0 Å². The number of carboxylic acids is 1. The Morgan fingerprint density at radius 1 is 0.964 bits per heavy atom. The van der Waals surface area contributed by atoms with Gasteiger partial charge >= 0.3 is 5.97 Å². The van der Waals surface area contributed by atoms with Gasteiger partial charge in [0.25, 0.3) is 0 Å². The number of unbranched alkanes of at least 4 members (excludes halogenated alkanes) is 4. The Hall–Kier alpha value is -3.53. The number of rotatable bonds is 22. The molecule has 304 valence electrons. The van der Waals surface area contributed by atoms with Crippen LogP contribution in [0.2, 0.25) is 0 Å². The molecule has 0 fully saturated rings. The van der Waals surface area contributed by atoms with E-state index in [1.54, 1.807) is 37.3 Å². The van der Waals surface area contributed by atoms with E-state index < -0.39 is 54.5 Å². The summed E-state index contributed by atoms with van der Waals surface area (Å²) in [6, 6.07) is 13.5. The van der Waals surface area contributed by atoms with Crippen molar-refractivity contribution in [3.63, 3.8) is 0 Å². The summed E-state index contributed by atoms with van der Waals surface area (Å²) in [5.41, 5.74) is 2.86. The molecule has 55 heavy (non-hydrogen) atoms. The molecule has 3 rings (SSSR count). The van der Waals surface area contributed by atoms with E-state index in [-0.39, 0.29) is 31.6 Å². The number of aliphatic carboxylic acids is 1. The summed E-state index contributed by atoms with van der Waals surface area (Å²) in [4.78, 5) is 11.2. The summed E-state index contributed by atoms with van der Waals surface area (Å²) in [6.45, 7) is 3.25. The molecular formula is C45H65NO9. The van der Waals surface area contributed by atoms with Crippen LogP contribution in [0.5, 0.6) is 5.75 Å². The largest absolute Gasteiger partial charge is 0.508 e. The molecule has 2 aromatic rings. The number of phenolic OH excluding ortho intramolecular Hbond substituents is 1. The van der Waals surface area contributed by atoms with Crippen molar-refractivity contribution >= 4 is 5.97 Å². The average molecular weight is 764 g/mol. The number of aliphatic hydroxyl groups is 6. The molecular weight excluding hydrogens is 698 g/mol. The van der Waals surface area contributed by atoms with Gasteiger partial charge in [-0.3, -0.25) is 4.79 Å². The van der Waals surface area contributed by atoms with Gasteiger partial charge in [0.15, 0.2) is 0 Å². The Balaban J connectivity index is 2.23. The minimum absolute atomic E-state index is 0.0650. The van der Waals surface area contributed by atoms with Crippen LogP contribution in [0, 0.1) is 11.8 Å². The summed E-state index contributed by atoms with van der Waals surface area (Å²) >= 11 is 0. The van der Waals surface area contributed by atoms with Crippen molar-refractivity contribution in [2.75, 3.05) is 13.2 Å². The number of aliphatic hydroxyl groups excluding tert-OH is 5. The zero-order valence-corrected chi connectivity index (χ0v) is 32.7. The Labute approximate surface area is 327 Å². The van der Waals surface area contributed by atoms with Crippen molar-refractivity contribution in [3.05, 3.63) is 88.5 Å². The summed E-state index contributed by atoms with van der Waals surface area (Å²) in [7, 11) is 0. The van der Waals surface area contributed by atoms with Gasteiger partial charge in [0.05, 0.1) is 30.5 Å². The lowest BCUT2D eigenvalue weighted by atomic mass is 9.74. The van der Waals surface area contributed by atoms with E-state index in [9.17, 15) is 40.5 Å². The average Bonchev–Trinajstić information content (AvgIpc) is 3.16. The second kappa shape index (κ2) is 24.2. The molecule has 1 aliphatic rings. The molecule has 10 nitrogen and oxygen atoms in total. The van der Waals surface area contributed by atoms with Gasteiger partial charge in [0.1, 0.15) is 5.75 Å². The van der Waals surface area contributed by atoms with Crippen LogP contribution in [0.25, 0.3) is 0 Å². The third-order valence-corrected chi connectivity index (χ3v) is 10.8. The van der Waals surface area contributed by atoms with Crippen LogP contribution in [-0.4, -0.2) is 96.0 Å². The maximum Gasteiger partial charge on any atom is 0.303 e. The first kappa shape index (κ1) is 45.9. The number of nitrogens with one attached hydrogen (secondary N) is 1. The van der Waals surface area contributed by atoms with E-state index in [2.05, 4.69) is 17.2 Å². The van der Waals surface area contributed by atoms with E-state index in [4.69, 9.17) is 5.11 Å². The Bertz CT molecular complexity index is 1560. The van der Waals surface area contributed by atoms with Crippen LogP contribution >= 0.6 is 0 Å². The molecule has 1 heterocycles. The van der Waals surface area contributed by atoms with Crippen molar-refractivity contribution in [1.29, 1.82) is 0 Å². The highest BCUT2D eigenvalue weighted by Crippen LogP contribution is 2.38. The zero-order chi connectivity index (χ0) is 40.2. The monoisotopic (exact) mass is 763 g/mol. The van der Waals surface area contributed by atoms with E-state index in [1.807, 2.05) is 37.3 Å². The van der Waals surface area contributed by atoms with Crippen LogP contribution in [0.3, 0.4) is 0 Å². The maximum atomic E-state index is 12.7. The fourth-order valence-electron chi connectivity index (χ4n) is 7.53. The number of aryl methyl sites for hydroxylation is 1. The molecule has 0 radical (unpaired) electrons. The predicted octanol–water partition coefficient (Wildman–Crippen LogP) is 5.65. The fraction of sp³-hybridized carbons (Fsp3) is 0.578. The third-order valence-electron chi connectivity index (χ3n) is 10.8. The van der Waals surface area contributed by atoms with E-state index >= 15 is 0 Å². The minimum Gasteiger partial charge on any atom is -0.508 e. The number of hydrogen-bond acceptors (Lipinski definition) is 9. The van der Waals surface area contributed by atoms with E-state index in [1.165, 1.54) is 0 Å². The van der Waals surface area contributed by atoms with Gasteiger partial charge in [0, 0.05) is 43.0 Å². The van der Waals surface area contributed by atoms with Crippen LogP contribution in [-0.2, 0) is 11.2 Å². The van der Waals surface area contributed by atoms with Gasteiger partial charge in [-0.1, -0.05) is 93.4 Å². The molecule has 0 aromatic heterocycles. The standard InChI is InChI=1S/C45H65NO9/c1-3-4-18-41(51)42(52)28-25-34-22-21-33-14-10-9-13-32(33)15-11-19-43(45(2,55)39(16-12-29-47)35-23-26-36(49)27-24-35)46-40(38(34)30-37(50)31-48)17-7-5-6-8-20-44(53)54/h9-10,13-14,23-28,37,39-43,46-52,55H,3-8,12,16-22,29-31H2,1-2H3,(H,53,54)/t37-,39+,40-,41-,42+,43+,45-/m0/s1. The highest BCUT2D eigenvalue weighted by atomic mass is 16.4. The van der Waals surface area contributed by atoms with Gasteiger partial charge in [-0.25, -0.2) is 0 Å². The minimum atomic E-state index is -1.44. The number of allylic oxidation sites excluding steroid dienone is 2. The maximum absolute atomic E-state index is 12.7. The van der Waals surface area contributed by atoms with Crippen molar-refractivity contribution in [3.8, 4) is 17.6 Å². The first-order chi connectivity index (χ1) is 26.4. The Morgan fingerprint density at radius 3 is 2.38 bits per heavy atom. The van der Waals surface area contributed by atoms with Gasteiger partial charge in [-0.05, 0) is 98.8 Å². The topological polar surface area (TPSA) is 191 Å². The van der Waals surface area contributed by atoms with Crippen LogP contribution in [0.4, 0.5) is 0 Å². The molecule has 9 N–H and O–H groups in total. The van der Waals surface area contributed by atoms with Crippen molar-refractivity contribution in [2.45, 2.75) is 152 Å². The molecule has 0 unspecified atom stereocenters. The first-order valence-electron chi connectivity index (χ1n) is 20.1. The summed E-state index contributed by atoms with van der Waals surface area (Å²) in [5, 5.41) is 88.5. The molecule has 0 saturated carbocycles. The highest BCUT2D eigenvalue weighted by molar-refractivity contribution is 5.66. The number of benzene rings is 2. The van der Waals surface area contributed by atoms with Crippen molar-refractivity contribution in [2.24, 2.45) is 0 Å². The highest BCUT2D eigenvalue weighted by Gasteiger charge is 2.41. The van der Waals surface area contributed by atoms with Gasteiger partial charge in [-0.15, -0.1) is 0 Å². The lowest BCUT2D eigenvalue weighted by Crippen LogP contribution is -2.56. The van der Waals surface area contributed by atoms with Crippen LogP contribution in [0.1, 0.15) is 126 Å². The van der Waals surface area contributed by atoms with Gasteiger partial charge < -0.3 is 46.2 Å².